The molecule has 404 valence electrons. The number of carbonyl (C=O) groups excluding carboxylic acids is 2. The molecule has 9 aliphatic rings. The van der Waals surface area contributed by atoms with E-state index in [1.807, 2.05) is 20.9 Å². The van der Waals surface area contributed by atoms with E-state index >= 15 is 4.79 Å². The van der Waals surface area contributed by atoms with Gasteiger partial charge >= 0.3 is 0 Å². The smallest absolute Gasteiger partial charge is 0.160 e. The number of nitrogens with one attached hydrogen (secondary N) is 2. The van der Waals surface area contributed by atoms with Gasteiger partial charge in [0.15, 0.2) is 5.78 Å². The number of ketones is 2. The van der Waals surface area contributed by atoms with Gasteiger partial charge < -0.3 is 39.7 Å². The molecule has 10 nitrogen and oxygen atoms in total. The zero-order chi connectivity index (χ0) is 52.0. The molecule has 74 heavy (non-hydrogen) atoms. The number of hydrogen-bond donors (Lipinski definition) is 5. The summed E-state index contributed by atoms with van der Waals surface area (Å²) >= 11 is 0. The number of hydrogen-bond acceptors (Lipinski definition) is 8. The lowest BCUT2D eigenvalue weighted by atomic mass is 9.34. The van der Waals surface area contributed by atoms with E-state index in [0.29, 0.717) is 69.8 Å². The summed E-state index contributed by atoms with van der Waals surface area (Å²) in [5.74, 6) is 0.647. The normalized spacial score (nSPS) is 40.2. The molecule has 0 bridgehead atoms. The molecule has 12 unspecified atom stereocenters. The number of rotatable bonds is 10. The van der Waals surface area contributed by atoms with Crippen LogP contribution in [0.2, 0.25) is 0 Å². The third kappa shape index (κ3) is 7.87. The minimum atomic E-state index is -0.945. The van der Waals surface area contributed by atoms with Crippen LogP contribution in [0.25, 0.3) is 11.0 Å². The molecule has 3 aromatic rings. The van der Waals surface area contributed by atoms with Gasteiger partial charge in [-0.1, -0.05) is 91.3 Å². The van der Waals surface area contributed by atoms with Gasteiger partial charge in [0.2, 0.25) is 0 Å². The average Bonchev–Trinajstić information content (AvgIpc) is 3.59. The highest BCUT2D eigenvalue weighted by molar-refractivity contribution is 6.02. The summed E-state index contributed by atoms with van der Waals surface area (Å²) in [6.45, 7) is 17.6. The van der Waals surface area contributed by atoms with Crippen LogP contribution in [0.5, 0.6) is 0 Å². The summed E-state index contributed by atoms with van der Waals surface area (Å²) in [6, 6.07) is 7.16. The van der Waals surface area contributed by atoms with Gasteiger partial charge in [-0.25, -0.2) is 0 Å². The Labute approximate surface area is 442 Å². The van der Waals surface area contributed by atoms with Crippen molar-refractivity contribution in [2.45, 2.75) is 237 Å². The van der Waals surface area contributed by atoms with E-state index < -0.39 is 45.1 Å². The van der Waals surface area contributed by atoms with Gasteiger partial charge in [-0.15, -0.1) is 0 Å². The van der Waals surface area contributed by atoms with Crippen molar-refractivity contribution >= 4 is 22.6 Å². The van der Waals surface area contributed by atoms with Crippen molar-refractivity contribution in [3.63, 3.8) is 0 Å². The maximum absolute atomic E-state index is 15.5. The molecule has 6 aliphatic carbocycles. The van der Waals surface area contributed by atoms with Crippen molar-refractivity contribution in [1.82, 2.24) is 14.9 Å². The zero-order valence-electron chi connectivity index (χ0n) is 46.5. The molecule has 10 heteroatoms. The second-order valence-electron chi connectivity index (χ2n) is 28.3. The van der Waals surface area contributed by atoms with Crippen LogP contribution in [0, 0.1) is 44.8 Å². The fraction of sp³-hybridized carbons (Fsp3) is 0.750. The van der Waals surface area contributed by atoms with Crippen molar-refractivity contribution in [3.05, 3.63) is 69.6 Å². The number of aliphatic hydroxyl groups is 3. The molecule has 12 rings (SSSR count). The fourth-order valence-electron chi connectivity index (χ4n) is 19.5. The number of allylic oxidation sites excluding steroid dienone is 1. The van der Waals surface area contributed by atoms with Crippen LogP contribution in [0.15, 0.2) is 41.7 Å². The molecular weight excluding hydrogens is 923 g/mol. The predicted molar refractivity (Wildman–Crippen MR) is 290 cm³/mol. The van der Waals surface area contributed by atoms with Gasteiger partial charge in [-0.2, -0.15) is 0 Å². The van der Waals surface area contributed by atoms with E-state index in [1.54, 1.807) is 0 Å². The molecule has 12 atom stereocenters. The first-order chi connectivity index (χ1) is 35.1. The predicted octanol–water partition coefficient (Wildman–Crippen LogP) is 11.5. The first kappa shape index (κ1) is 51.6. The van der Waals surface area contributed by atoms with Crippen LogP contribution in [-0.2, 0) is 44.1 Å². The standard InChI is InChI=1S/C64H91N3O7/c1-57(2)56(74-57)47(69)33-58(3)22-17-41-35-66-52-43(30-39-29-42(40-15-11-9-12-16-40)32-44(31-39)64(72)26-28-73-63(38-64)20-13-10-14-21-63)36-67(53(41)52)37-45-50-51(58)46(68)34-62(50,7)61(6)24-18-48-59(4,25-27-65-8)49(70)19-23-60(48,5)55(61)54(45)71/h29,31-32,35-36,40,45,47-48,54-56,65-66,69,71-72H,9-28,30,33-34,37-38H2,1-8H3. The Hall–Kier alpha value is -3.12. The summed E-state index contributed by atoms with van der Waals surface area (Å²) in [6.07, 6.45) is 22.5. The number of Topliss-reactive ketones (excluding diaryl/α,β-unsaturated/α-hetero) is 2. The average molecular weight is 1010 g/mol. The molecular formula is C64H91N3O7. The molecule has 1 aromatic carbocycles. The van der Waals surface area contributed by atoms with Crippen molar-refractivity contribution in [2.24, 2.45) is 44.8 Å². The fourth-order valence-corrected chi connectivity index (χ4v) is 19.5. The molecule has 0 amide bonds. The Morgan fingerprint density at radius 1 is 0.892 bits per heavy atom. The Bertz CT molecular complexity index is 2730. The van der Waals surface area contributed by atoms with E-state index in [2.05, 4.69) is 80.1 Å². The Kier molecular flexibility index (Phi) is 12.5. The number of carbonyl (C=O) groups is 2. The highest BCUT2D eigenvalue weighted by Gasteiger charge is 2.73. The Morgan fingerprint density at radius 2 is 1.64 bits per heavy atom. The number of aliphatic hydroxyl groups excluding tert-OH is 2. The summed E-state index contributed by atoms with van der Waals surface area (Å²) < 4.78 is 15.1. The summed E-state index contributed by atoms with van der Waals surface area (Å²) in [5.41, 5.74) is 6.32. The van der Waals surface area contributed by atoms with Crippen LogP contribution < -0.4 is 5.32 Å². The SMILES string of the molecule is CNCCC1(C)C(=O)CCC2(C)C1CCC1(C)C2C(O)C2Cn3cc(Cc4cc(C5CCCCC5)cc(C5(O)CCOC6(CCCCC6)C5)c4)c4[nH]cc(c43)CCC(C)(CC(O)C3OC3(C)C)C3=C2C1(C)CC3=O. The van der Waals surface area contributed by atoms with Crippen LogP contribution in [0.3, 0.4) is 0 Å². The molecule has 5 saturated carbocycles. The van der Waals surface area contributed by atoms with Gasteiger partial charge in [0.25, 0.3) is 0 Å². The maximum Gasteiger partial charge on any atom is 0.160 e. The van der Waals surface area contributed by atoms with Gasteiger partial charge in [-0.3, -0.25) is 9.59 Å². The molecule has 7 fully saturated rings. The van der Waals surface area contributed by atoms with E-state index in [-0.39, 0.29) is 40.7 Å². The van der Waals surface area contributed by atoms with Crippen LogP contribution >= 0.6 is 0 Å². The molecule has 0 radical (unpaired) electrons. The van der Waals surface area contributed by atoms with Crippen molar-refractivity contribution in [1.29, 1.82) is 0 Å². The minimum absolute atomic E-state index is 0.118. The number of aromatic nitrogens is 2. The second-order valence-corrected chi connectivity index (χ2v) is 28.3. The number of ether oxygens (including phenoxy) is 2. The monoisotopic (exact) mass is 1010 g/mol. The Balaban J connectivity index is 0.984. The molecule has 2 saturated heterocycles. The number of nitrogens with zero attached hydrogens (tertiary/aromatic N) is 1. The van der Waals surface area contributed by atoms with E-state index in [1.165, 1.54) is 66.3 Å². The highest BCUT2D eigenvalue weighted by atomic mass is 16.6. The molecule has 1 spiro atoms. The summed E-state index contributed by atoms with van der Waals surface area (Å²) in [5, 5.41) is 42.3. The Morgan fingerprint density at radius 3 is 2.36 bits per heavy atom. The quantitative estimate of drug-likeness (QED) is 0.126. The summed E-state index contributed by atoms with van der Waals surface area (Å²) in [4.78, 5) is 33.6. The van der Waals surface area contributed by atoms with E-state index in [9.17, 15) is 20.1 Å². The number of H-pyrrole nitrogens is 1. The van der Waals surface area contributed by atoms with Gasteiger partial charge in [0.1, 0.15) is 11.9 Å². The summed E-state index contributed by atoms with van der Waals surface area (Å²) in [7, 11) is 1.97. The second kappa shape index (κ2) is 18.0. The lowest BCUT2D eigenvalue weighted by Crippen LogP contribution is -2.68. The topological polar surface area (TPSA) is 149 Å². The van der Waals surface area contributed by atoms with Gasteiger partial charge in [-0.05, 0) is 165 Å². The van der Waals surface area contributed by atoms with Gasteiger partial charge in [0, 0.05) is 73.4 Å². The van der Waals surface area contributed by atoms with E-state index in [4.69, 9.17) is 9.47 Å². The lowest BCUT2D eigenvalue weighted by molar-refractivity contribution is -0.222. The van der Waals surface area contributed by atoms with Crippen LogP contribution in [0.4, 0.5) is 0 Å². The van der Waals surface area contributed by atoms with Gasteiger partial charge in [0.05, 0.1) is 46.7 Å². The third-order valence-electron chi connectivity index (χ3n) is 23.6. The molecule has 5 heterocycles. The maximum atomic E-state index is 15.5. The van der Waals surface area contributed by atoms with Crippen LogP contribution in [0.1, 0.15) is 211 Å². The largest absolute Gasteiger partial charge is 0.392 e. The first-order valence-electron chi connectivity index (χ1n) is 29.8. The van der Waals surface area contributed by atoms with Crippen LogP contribution in [-0.4, -0.2) is 86.2 Å². The third-order valence-corrected chi connectivity index (χ3v) is 23.6. The number of aryl methyl sites for hydroxylation is 1. The van der Waals surface area contributed by atoms with Crippen molar-refractivity contribution in [2.75, 3.05) is 20.2 Å². The highest BCUT2D eigenvalue weighted by Crippen LogP contribution is 2.76. The number of benzene rings is 1. The molecule has 3 aliphatic heterocycles. The number of fused-ring (bicyclic) bond motifs is 4. The first-order valence-corrected chi connectivity index (χ1v) is 29.8. The number of aromatic amines is 1. The van der Waals surface area contributed by atoms with Crippen molar-refractivity contribution < 1.29 is 34.4 Å². The minimum Gasteiger partial charge on any atom is -0.392 e. The van der Waals surface area contributed by atoms with Crippen molar-refractivity contribution in [3.8, 4) is 0 Å². The zero-order valence-corrected chi connectivity index (χ0v) is 46.5. The van der Waals surface area contributed by atoms with E-state index in [0.717, 1.165) is 86.6 Å². The lowest BCUT2D eigenvalue weighted by Gasteiger charge is -2.70. The molecule has 2 aromatic heterocycles. The molecule has 5 N–H and O–H groups in total. The number of epoxide rings is 1.